The van der Waals surface area contributed by atoms with Crippen LogP contribution in [0.25, 0.3) is 0 Å². The molecule has 3 aromatic rings. The van der Waals surface area contributed by atoms with Crippen molar-refractivity contribution in [3.05, 3.63) is 81.5 Å². The molecule has 0 saturated carbocycles. The second-order valence-electron chi connectivity index (χ2n) is 8.49. The average molecular weight is 449 g/mol. The van der Waals surface area contributed by atoms with Gasteiger partial charge in [-0.2, -0.15) is 10.2 Å². The van der Waals surface area contributed by atoms with Gasteiger partial charge in [0.2, 0.25) is 5.91 Å². The fourth-order valence-corrected chi connectivity index (χ4v) is 4.24. The summed E-state index contributed by atoms with van der Waals surface area (Å²) < 4.78 is 1.20. The minimum Gasteiger partial charge on any atom is -0.340 e. The van der Waals surface area contributed by atoms with Crippen LogP contribution in [-0.4, -0.2) is 61.7 Å². The molecule has 33 heavy (non-hydrogen) atoms. The number of aromatic amines is 1. The Morgan fingerprint density at radius 3 is 2.76 bits per heavy atom. The topological polar surface area (TPSA) is 104 Å². The van der Waals surface area contributed by atoms with Crippen LogP contribution in [0.3, 0.4) is 0 Å². The lowest BCUT2D eigenvalue weighted by Crippen LogP contribution is -2.43. The number of piperidine rings is 1. The zero-order valence-corrected chi connectivity index (χ0v) is 18.9. The highest BCUT2D eigenvalue weighted by Crippen LogP contribution is 2.28. The number of likely N-dealkylation sites (tertiary alicyclic amines) is 1. The number of nitrogens with one attached hydrogen (secondary N) is 1. The van der Waals surface area contributed by atoms with E-state index in [9.17, 15) is 14.4 Å². The predicted octanol–water partition coefficient (Wildman–Crippen LogP) is 1.95. The van der Waals surface area contributed by atoms with Gasteiger partial charge in [-0.3, -0.25) is 19.5 Å². The number of carbonyl (C=O) groups excluding carboxylic acids is 2. The molecule has 0 spiro atoms. The first-order valence-corrected chi connectivity index (χ1v) is 11.1. The quantitative estimate of drug-likeness (QED) is 0.621. The summed E-state index contributed by atoms with van der Waals surface area (Å²) in [5.41, 5.74) is 2.71. The van der Waals surface area contributed by atoms with Gasteiger partial charge in [-0.1, -0.05) is 30.3 Å². The summed E-state index contributed by atoms with van der Waals surface area (Å²) >= 11 is 0. The van der Waals surface area contributed by atoms with E-state index in [0.717, 1.165) is 24.1 Å². The van der Waals surface area contributed by atoms with Crippen LogP contribution in [0.15, 0.2) is 53.5 Å². The Bertz CT molecular complexity index is 1190. The maximum Gasteiger partial charge on any atom is 0.267 e. The van der Waals surface area contributed by atoms with Crippen LogP contribution in [0.2, 0.25) is 0 Å². The van der Waals surface area contributed by atoms with Crippen molar-refractivity contribution in [3.8, 4) is 0 Å². The van der Waals surface area contributed by atoms with E-state index in [-0.39, 0.29) is 29.8 Å². The average Bonchev–Trinajstić information content (AvgIpc) is 3.31. The van der Waals surface area contributed by atoms with E-state index >= 15 is 0 Å². The summed E-state index contributed by atoms with van der Waals surface area (Å²) in [5.74, 6) is -0.300. The molecular weight excluding hydrogens is 420 g/mol. The van der Waals surface area contributed by atoms with Gasteiger partial charge in [0.1, 0.15) is 6.54 Å². The number of benzene rings is 1. The molecule has 1 aliphatic heterocycles. The van der Waals surface area contributed by atoms with Crippen molar-refractivity contribution < 1.29 is 9.59 Å². The summed E-state index contributed by atoms with van der Waals surface area (Å²) in [5, 5.41) is 11.3. The van der Waals surface area contributed by atoms with E-state index in [4.69, 9.17) is 0 Å². The number of hydrogen-bond acceptors (Lipinski definition) is 5. The Morgan fingerprint density at radius 2 is 1.97 bits per heavy atom. The van der Waals surface area contributed by atoms with E-state index in [1.807, 2.05) is 30.3 Å². The summed E-state index contributed by atoms with van der Waals surface area (Å²) in [7, 11) is 1.77. The fourth-order valence-electron chi connectivity index (χ4n) is 4.24. The van der Waals surface area contributed by atoms with Crippen molar-refractivity contribution in [1.82, 2.24) is 29.8 Å². The molecule has 3 heterocycles. The lowest BCUT2D eigenvalue weighted by atomic mass is 9.92. The van der Waals surface area contributed by atoms with Crippen molar-refractivity contribution in [3.63, 3.8) is 0 Å². The van der Waals surface area contributed by atoms with E-state index in [2.05, 4.69) is 15.3 Å². The van der Waals surface area contributed by atoms with Crippen molar-refractivity contribution in [2.75, 3.05) is 20.1 Å². The molecule has 9 nitrogen and oxygen atoms in total. The molecule has 0 radical (unpaired) electrons. The molecule has 2 aromatic heterocycles. The molecule has 2 amide bonds. The van der Waals surface area contributed by atoms with Crippen LogP contribution < -0.4 is 5.56 Å². The van der Waals surface area contributed by atoms with Crippen LogP contribution in [0, 0.1) is 6.92 Å². The summed E-state index contributed by atoms with van der Waals surface area (Å²) in [4.78, 5) is 41.5. The Hall–Kier alpha value is -3.75. The Kier molecular flexibility index (Phi) is 6.67. The minimum atomic E-state index is -0.301. The SMILES string of the molecule is Cc1ccc(=O)n(CC(=O)N2CCCC(c3[nH]ncc3C(=O)N(C)Cc3ccccc3)C2)n1. The fraction of sp³-hybridized carbons (Fsp3) is 0.375. The maximum absolute atomic E-state index is 13.1. The highest BCUT2D eigenvalue weighted by atomic mass is 16.2. The van der Waals surface area contributed by atoms with Gasteiger partial charge in [0, 0.05) is 38.7 Å². The molecule has 9 heteroatoms. The molecule has 172 valence electrons. The second-order valence-corrected chi connectivity index (χ2v) is 8.49. The third-order valence-electron chi connectivity index (χ3n) is 5.98. The highest BCUT2D eigenvalue weighted by Gasteiger charge is 2.30. The Morgan fingerprint density at radius 1 is 1.18 bits per heavy atom. The number of aromatic nitrogens is 4. The van der Waals surface area contributed by atoms with Gasteiger partial charge in [-0.05, 0) is 31.4 Å². The van der Waals surface area contributed by atoms with Crippen LogP contribution in [0.4, 0.5) is 0 Å². The smallest absolute Gasteiger partial charge is 0.267 e. The Labute approximate surface area is 192 Å². The largest absolute Gasteiger partial charge is 0.340 e. The first-order valence-electron chi connectivity index (χ1n) is 11.1. The summed E-state index contributed by atoms with van der Waals surface area (Å²) in [6, 6.07) is 12.9. The first-order chi connectivity index (χ1) is 15.9. The lowest BCUT2D eigenvalue weighted by Gasteiger charge is -2.33. The number of H-pyrrole nitrogens is 1. The van der Waals surface area contributed by atoms with Gasteiger partial charge in [0.05, 0.1) is 23.1 Å². The third kappa shape index (κ3) is 5.19. The van der Waals surface area contributed by atoms with Crippen LogP contribution in [-0.2, 0) is 17.9 Å². The standard InChI is InChI=1S/C24H28N6O3/c1-17-10-11-21(31)30(27-17)16-22(32)29-12-6-9-19(15-29)23-20(13-25-26-23)24(33)28(2)14-18-7-4-3-5-8-18/h3-5,7-8,10-11,13,19H,6,9,12,14-16H2,1-2H3,(H,25,26). The van der Waals surface area contributed by atoms with Crippen LogP contribution in [0.1, 0.15) is 46.1 Å². The van der Waals surface area contributed by atoms with Gasteiger partial charge in [-0.15, -0.1) is 0 Å². The zero-order valence-electron chi connectivity index (χ0n) is 18.9. The minimum absolute atomic E-state index is 0.0311. The van der Waals surface area contributed by atoms with Gasteiger partial charge in [0.15, 0.2) is 0 Å². The van der Waals surface area contributed by atoms with Gasteiger partial charge < -0.3 is 9.80 Å². The van der Waals surface area contributed by atoms with Crippen molar-refractivity contribution in [2.45, 2.75) is 38.8 Å². The molecule has 0 aliphatic carbocycles. The van der Waals surface area contributed by atoms with Crippen molar-refractivity contribution >= 4 is 11.8 Å². The van der Waals surface area contributed by atoms with Gasteiger partial charge in [0.25, 0.3) is 11.5 Å². The van der Waals surface area contributed by atoms with Crippen molar-refractivity contribution in [1.29, 1.82) is 0 Å². The number of aryl methyl sites for hydroxylation is 1. The molecule has 1 atom stereocenters. The zero-order chi connectivity index (χ0) is 23.4. The van der Waals surface area contributed by atoms with Crippen LogP contribution in [0.5, 0.6) is 0 Å². The highest BCUT2D eigenvalue weighted by molar-refractivity contribution is 5.95. The number of amides is 2. The second kappa shape index (κ2) is 9.81. The summed E-state index contributed by atoms with van der Waals surface area (Å²) in [6.07, 6.45) is 3.21. The molecule has 1 aromatic carbocycles. The van der Waals surface area contributed by atoms with E-state index in [1.165, 1.54) is 10.7 Å². The number of hydrogen-bond donors (Lipinski definition) is 1. The lowest BCUT2D eigenvalue weighted by molar-refractivity contribution is -0.133. The third-order valence-corrected chi connectivity index (χ3v) is 5.98. The van der Waals surface area contributed by atoms with Gasteiger partial charge in [-0.25, -0.2) is 4.68 Å². The number of rotatable bonds is 6. The summed E-state index contributed by atoms with van der Waals surface area (Å²) in [6.45, 7) is 3.26. The van der Waals surface area contributed by atoms with Crippen molar-refractivity contribution in [2.24, 2.45) is 0 Å². The first kappa shape index (κ1) is 22.4. The molecule has 1 fully saturated rings. The van der Waals surface area contributed by atoms with E-state index < -0.39 is 0 Å². The number of nitrogens with zero attached hydrogens (tertiary/aromatic N) is 5. The predicted molar refractivity (Wildman–Crippen MR) is 123 cm³/mol. The van der Waals surface area contributed by atoms with E-state index in [1.54, 1.807) is 36.0 Å². The maximum atomic E-state index is 13.1. The molecular formula is C24H28N6O3. The van der Waals surface area contributed by atoms with Gasteiger partial charge >= 0.3 is 0 Å². The molecule has 1 saturated heterocycles. The Balaban J connectivity index is 1.45. The van der Waals surface area contributed by atoms with E-state index in [0.29, 0.717) is 30.9 Å². The monoisotopic (exact) mass is 448 g/mol. The normalized spacial score (nSPS) is 15.9. The van der Waals surface area contributed by atoms with Crippen LogP contribution >= 0.6 is 0 Å². The number of carbonyl (C=O) groups is 2. The molecule has 1 N–H and O–H groups in total. The molecule has 4 rings (SSSR count). The molecule has 0 bridgehead atoms. The molecule has 1 aliphatic rings. The molecule has 1 unspecified atom stereocenters.